The molecule has 0 radical (unpaired) electrons. The molecule has 1 rings (SSSR count). The van der Waals surface area contributed by atoms with E-state index in [0.717, 1.165) is 12.4 Å². The molecule has 62 valence electrons. The van der Waals surface area contributed by atoms with Crippen LogP contribution in [0.2, 0.25) is 0 Å². The summed E-state index contributed by atoms with van der Waals surface area (Å²) in [5.74, 6) is 1.63. The van der Waals surface area contributed by atoms with E-state index in [1.54, 1.807) is 11.3 Å². The molecule has 11 heavy (non-hydrogen) atoms. The third-order valence-electron chi connectivity index (χ3n) is 1.58. The van der Waals surface area contributed by atoms with E-state index in [-0.39, 0.29) is 0 Å². The summed E-state index contributed by atoms with van der Waals surface area (Å²) in [6.45, 7) is 7.15. The fourth-order valence-corrected chi connectivity index (χ4v) is 1.92. The Kier molecular flexibility index (Phi) is 2.94. The van der Waals surface area contributed by atoms with Crippen molar-refractivity contribution in [3.63, 3.8) is 0 Å². The first-order valence-electron chi connectivity index (χ1n) is 3.94. The smallest absolute Gasteiger partial charge is 0.133 e. The molecule has 0 atom stereocenters. The maximum atomic E-state index is 5.45. The third kappa shape index (κ3) is 1.96. The van der Waals surface area contributed by atoms with Crippen molar-refractivity contribution < 1.29 is 4.74 Å². The lowest BCUT2D eigenvalue weighted by Crippen LogP contribution is -1.94. The Balaban J connectivity index is 2.78. The maximum absolute atomic E-state index is 5.45. The van der Waals surface area contributed by atoms with Crippen molar-refractivity contribution in [3.8, 4) is 5.75 Å². The Morgan fingerprint density at radius 2 is 2.18 bits per heavy atom. The van der Waals surface area contributed by atoms with Gasteiger partial charge in [-0.3, -0.25) is 0 Å². The van der Waals surface area contributed by atoms with Gasteiger partial charge in [-0.1, -0.05) is 13.8 Å². The summed E-state index contributed by atoms with van der Waals surface area (Å²) in [6.07, 6.45) is 0. The second-order valence-corrected chi connectivity index (χ2v) is 3.52. The molecule has 2 heteroatoms. The molecule has 1 nitrogen and oxygen atoms in total. The van der Waals surface area contributed by atoms with E-state index in [2.05, 4.69) is 24.6 Å². The van der Waals surface area contributed by atoms with E-state index < -0.39 is 0 Å². The van der Waals surface area contributed by atoms with Crippen molar-refractivity contribution in [2.75, 3.05) is 6.61 Å². The Morgan fingerprint density at radius 3 is 2.73 bits per heavy atom. The van der Waals surface area contributed by atoms with Crippen molar-refractivity contribution in [2.45, 2.75) is 26.7 Å². The highest BCUT2D eigenvalue weighted by Gasteiger charge is 2.07. The molecule has 0 aliphatic heterocycles. The van der Waals surface area contributed by atoms with E-state index in [4.69, 9.17) is 4.74 Å². The summed E-state index contributed by atoms with van der Waals surface area (Å²) in [5.41, 5.74) is 1.33. The molecule has 0 unspecified atom stereocenters. The van der Waals surface area contributed by atoms with E-state index in [9.17, 15) is 0 Å². The molecule has 0 saturated carbocycles. The van der Waals surface area contributed by atoms with Gasteiger partial charge in [0.25, 0.3) is 0 Å². The van der Waals surface area contributed by atoms with Gasteiger partial charge in [0.05, 0.1) is 6.61 Å². The minimum Gasteiger partial charge on any atom is -0.493 e. The highest BCUT2D eigenvalue weighted by atomic mass is 32.1. The van der Waals surface area contributed by atoms with Crippen molar-refractivity contribution in [2.24, 2.45) is 0 Å². The van der Waals surface area contributed by atoms with Gasteiger partial charge in [0.2, 0.25) is 0 Å². The lowest BCUT2D eigenvalue weighted by molar-refractivity contribution is 0.337. The number of ether oxygens (including phenoxy) is 1. The number of rotatable bonds is 3. The van der Waals surface area contributed by atoms with Crippen molar-refractivity contribution in [1.82, 2.24) is 0 Å². The van der Waals surface area contributed by atoms with Crippen LogP contribution >= 0.6 is 11.3 Å². The zero-order valence-electron chi connectivity index (χ0n) is 7.26. The predicted octanol–water partition coefficient (Wildman–Crippen LogP) is 3.27. The van der Waals surface area contributed by atoms with Crippen LogP contribution in [0.3, 0.4) is 0 Å². The molecule has 0 amide bonds. The van der Waals surface area contributed by atoms with Gasteiger partial charge in [-0.25, -0.2) is 0 Å². The van der Waals surface area contributed by atoms with Crippen molar-refractivity contribution in [3.05, 3.63) is 16.3 Å². The summed E-state index contributed by atoms with van der Waals surface area (Å²) < 4.78 is 5.45. The summed E-state index contributed by atoms with van der Waals surface area (Å²) in [6, 6.07) is 0. The molecule has 1 aromatic rings. The average molecular weight is 170 g/mol. The molecule has 0 saturated heterocycles. The van der Waals surface area contributed by atoms with Crippen LogP contribution in [-0.4, -0.2) is 6.61 Å². The Hall–Kier alpha value is -0.500. The SMILES string of the molecule is CCOc1cscc1C(C)C. The van der Waals surface area contributed by atoms with Gasteiger partial charge in [-0.2, -0.15) is 0 Å². The van der Waals surface area contributed by atoms with Crippen LogP contribution in [0.25, 0.3) is 0 Å². The Labute approximate surface area is 72.0 Å². The van der Waals surface area contributed by atoms with Gasteiger partial charge in [-0.15, -0.1) is 11.3 Å². The predicted molar refractivity (Wildman–Crippen MR) is 49.6 cm³/mol. The first-order valence-corrected chi connectivity index (χ1v) is 4.88. The fraction of sp³-hybridized carbons (Fsp3) is 0.556. The molecular weight excluding hydrogens is 156 g/mol. The zero-order chi connectivity index (χ0) is 8.27. The minimum atomic E-state index is 0.572. The lowest BCUT2D eigenvalue weighted by Gasteiger charge is -2.06. The molecule has 0 aliphatic carbocycles. The van der Waals surface area contributed by atoms with Gasteiger partial charge >= 0.3 is 0 Å². The molecule has 0 bridgehead atoms. The van der Waals surface area contributed by atoms with Gasteiger partial charge in [0, 0.05) is 10.9 Å². The highest BCUT2D eigenvalue weighted by molar-refractivity contribution is 7.08. The van der Waals surface area contributed by atoms with Crippen molar-refractivity contribution >= 4 is 11.3 Å². The lowest BCUT2D eigenvalue weighted by atomic mass is 10.1. The molecule has 1 aromatic heterocycles. The van der Waals surface area contributed by atoms with E-state index in [1.165, 1.54) is 5.56 Å². The molecule has 1 heterocycles. The third-order valence-corrected chi connectivity index (χ3v) is 2.32. The van der Waals surface area contributed by atoms with Gasteiger partial charge in [0.15, 0.2) is 0 Å². The second kappa shape index (κ2) is 3.77. The standard InChI is InChI=1S/C9H14OS/c1-4-10-9-6-11-5-8(9)7(2)3/h5-7H,4H2,1-3H3. The Bertz CT molecular complexity index is 215. The number of thiophene rings is 1. The zero-order valence-corrected chi connectivity index (χ0v) is 8.07. The summed E-state index contributed by atoms with van der Waals surface area (Å²) in [7, 11) is 0. The Morgan fingerprint density at radius 1 is 1.45 bits per heavy atom. The van der Waals surface area contributed by atoms with Crippen LogP contribution in [0, 0.1) is 0 Å². The average Bonchev–Trinajstić information content (AvgIpc) is 2.36. The van der Waals surface area contributed by atoms with Crippen molar-refractivity contribution in [1.29, 1.82) is 0 Å². The van der Waals surface area contributed by atoms with Crippen LogP contribution in [0.1, 0.15) is 32.3 Å². The van der Waals surface area contributed by atoms with E-state index >= 15 is 0 Å². The quantitative estimate of drug-likeness (QED) is 0.676. The molecule has 0 spiro atoms. The molecule has 0 aromatic carbocycles. The molecule has 0 fully saturated rings. The first kappa shape index (κ1) is 8.60. The van der Waals surface area contributed by atoms with Crippen LogP contribution in [0.5, 0.6) is 5.75 Å². The largest absolute Gasteiger partial charge is 0.493 e. The summed E-state index contributed by atoms with van der Waals surface area (Å²) in [5, 5.41) is 4.23. The van der Waals surface area contributed by atoms with Gasteiger partial charge in [-0.05, 0) is 18.2 Å². The van der Waals surface area contributed by atoms with E-state index in [1.807, 2.05) is 6.92 Å². The van der Waals surface area contributed by atoms with Crippen LogP contribution < -0.4 is 4.74 Å². The maximum Gasteiger partial charge on any atom is 0.133 e. The van der Waals surface area contributed by atoms with Gasteiger partial charge < -0.3 is 4.74 Å². The first-order chi connectivity index (χ1) is 5.25. The summed E-state index contributed by atoms with van der Waals surface area (Å²) in [4.78, 5) is 0. The monoisotopic (exact) mass is 170 g/mol. The number of hydrogen-bond acceptors (Lipinski definition) is 2. The molecule has 0 aliphatic rings. The number of hydrogen-bond donors (Lipinski definition) is 0. The minimum absolute atomic E-state index is 0.572. The molecule has 0 N–H and O–H groups in total. The highest BCUT2D eigenvalue weighted by Crippen LogP contribution is 2.29. The normalized spacial score (nSPS) is 10.5. The van der Waals surface area contributed by atoms with E-state index in [0.29, 0.717) is 5.92 Å². The van der Waals surface area contributed by atoms with Crippen LogP contribution in [-0.2, 0) is 0 Å². The fourth-order valence-electron chi connectivity index (χ4n) is 0.989. The van der Waals surface area contributed by atoms with Crippen LogP contribution in [0.4, 0.5) is 0 Å². The van der Waals surface area contributed by atoms with Crippen LogP contribution in [0.15, 0.2) is 10.8 Å². The second-order valence-electron chi connectivity index (χ2n) is 2.78. The van der Waals surface area contributed by atoms with Gasteiger partial charge in [0.1, 0.15) is 5.75 Å². The topological polar surface area (TPSA) is 9.23 Å². The summed E-state index contributed by atoms with van der Waals surface area (Å²) >= 11 is 1.71. The molecular formula is C9H14OS.